The maximum Gasteiger partial charge on any atom is 0.275 e. The molecule has 6 N–H and O–H groups in total. The van der Waals surface area contributed by atoms with E-state index >= 15 is 0 Å². The van der Waals surface area contributed by atoms with Gasteiger partial charge in [-0.1, -0.05) is 0 Å². The highest BCUT2D eigenvalue weighted by molar-refractivity contribution is 5.78. The third-order valence-electron chi connectivity index (χ3n) is 3.62. The minimum atomic E-state index is -1.09. The summed E-state index contributed by atoms with van der Waals surface area (Å²) in [5.74, 6) is 0. The fraction of sp³-hybridized carbons (Fsp3) is 0.455. The molecule has 2 aromatic rings. The topological polar surface area (TPSA) is 143 Å². The zero-order chi connectivity index (χ0) is 14.3. The minimum absolute atomic E-state index is 0.297. The molecule has 1 saturated heterocycles. The summed E-state index contributed by atoms with van der Waals surface area (Å²) in [6.45, 7) is -0.310. The van der Waals surface area contributed by atoms with Gasteiger partial charge in [0.2, 0.25) is 0 Å². The van der Waals surface area contributed by atoms with Gasteiger partial charge in [-0.3, -0.25) is 15.4 Å². The Morgan fingerprint density at radius 2 is 2.20 bits per heavy atom. The Bertz CT molecular complexity index is 668. The van der Waals surface area contributed by atoms with E-state index < -0.39 is 24.3 Å². The van der Waals surface area contributed by atoms with Gasteiger partial charge in [-0.25, -0.2) is 9.87 Å². The smallest absolute Gasteiger partial charge is 0.275 e. The van der Waals surface area contributed by atoms with Crippen molar-refractivity contribution in [3.63, 3.8) is 0 Å². The van der Waals surface area contributed by atoms with Crippen LogP contribution in [0, 0.1) is 0 Å². The Morgan fingerprint density at radius 3 is 2.85 bits per heavy atom. The lowest BCUT2D eigenvalue weighted by molar-refractivity contribution is -0.296. The van der Waals surface area contributed by atoms with Crippen molar-refractivity contribution in [2.75, 3.05) is 6.61 Å². The number of hydrogen-bond donors (Lipinski definition) is 6. The highest BCUT2D eigenvalue weighted by Crippen LogP contribution is 2.31. The van der Waals surface area contributed by atoms with Crippen molar-refractivity contribution in [1.82, 2.24) is 20.3 Å². The van der Waals surface area contributed by atoms with Gasteiger partial charge in [-0.05, 0) is 0 Å². The summed E-state index contributed by atoms with van der Waals surface area (Å²) < 4.78 is 0. The van der Waals surface area contributed by atoms with Crippen molar-refractivity contribution in [2.45, 2.75) is 24.3 Å². The molecule has 1 aliphatic rings. The summed E-state index contributed by atoms with van der Waals surface area (Å²) in [6.07, 6.45) is 0.781. The van der Waals surface area contributed by atoms with E-state index in [-0.39, 0.29) is 12.2 Å². The van der Waals surface area contributed by atoms with Crippen molar-refractivity contribution in [3.05, 3.63) is 28.4 Å². The zero-order valence-electron chi connectivity index (χ0n) is 10.3. The van der Waals surface area contributed by atoms with Crippen LogP contribution in [-0.4, -0.2) is 55.3 Å². The lowest BCUT2D eigenvalue weighted by Crippen LogP contribution is -2.37. The third-order valence-corrected chi connectivity index (χ3v) is 3.62. The van der Waals surface area contributed by atoms with Crippen LogP contribution in [-0.2, 0) is 4.89 Å². The van der Waals surface area contributed by atoms with Gasteiger partial charge in [0.25, 0.3) is 5.56 Å². The van der Waals surface area contributed by atoms with E-state index in [2.05, 4.69) is 25.2 Å². The van der Waals surface area contributed by atoms with Crippen LogP contribution < -0.4 is 10.9 Å². The molecule has 0 radical (unpaired) electrons. The molecule has 0 aliphatic carbocycles. The van der Waals surface area contributed by atoms with Crippen LogP contribution in [0.15, 0.2) is 17.3 Å². The highest BCUT2D eigenvalue weighted by Gasteiger charge is 2.44. The van der Waals surface area contributed by atoms with E-state index in [4.69, 9.17) is 5.26 Å². The predicted molar refractivity (Wildman–Crippen MR) is 67.0 cm³/mol. The molecule has 20 heavy (non-hydrogen) atoms. The van der Waals surface area contributed by atoms with Gasteiger partial charge in [-0.15, -0.1) is 0 Å². The molecule has 4 atom stereocenters. The molecule has 1 fully saturated rings. The molecule has 0 unspecified atom stereocenters. The minimum Gasteiger partial charge on any atom is -0.395 e. The van der Waals surface area contributed by atoms with Crippen LogP contribution in [0.4, 0.5) is 0 Å². The molecule has 2 aromatic heterocycles. The lowest BCUT2D eigenvalue weighted by atomic mass is 10.0. The average Bonchev–Trinajstić information content (AvgIpc) is 3.00. The molecular weight excluding hydrogens is 268 g/mol. The van der Waals surface area contributed by atoms with Gasteiger partial charge in [-0.2, -0.15) is 0 Å². The van der Waals surface area contributed by atoms with E-state index in [0.717, 1.165) is 0 Å². The largest absolute Gasteiger partial charge is 0.395 e. The zero-order valence-corrected chi connectivity index (χ0v) is 10.3. The normalized spacial score (nSPS) is 30.1. The summed E-state index contributed by atoms with van der Waals surface area (Å²) in [5, 5.41) is 31.1. The van der Waals surface area contributed by atoms with Crippen molar-refractivity contribution >= 4 is 11.0 Å². The van der Waals surface area contributed by atoms with Gasteiger partial charge in [0.1, 0.15) is 23.2 Å². The quantitative estimate of drug-likeness (QED) is 0.296. The Hall–Kier alpha value is -1.78. The number of aromatic amines is 2. The van der Waals surface area contributed by atoms with Gasteiger partial charge in [0.05, 0.1) is 25.0 Å². The molecule has 108 valence electrons. The first kappa shape index (κ1) is 13.2. The van der Waals surface area contributed by atoms with Crippen LogP contribution in [0.5, 0.6) is 0 Å². The third kappa shape index (κ3) is 1.84. The van der Waals surface area contributed by atoms with Crippen LogP contribution in [0.25, 0.3) is 11.0 Å². The van der Waals surface area contributed by atoms with Gasteiger partial charge < -0.3 is 20.2 Å². The molecule has 9 heteroatoms. The first-order valence-electron chi connectivity index (χ1n) is 6.07. The second kappa shape index (κ2) is 4.96. The summed E-state index contributed by atoms with van der Waals surface area (Å²) in [5.41, 5.74) is 0.963. The van der Waals surface area contributed by atoms with Crippen LogP contribution >= 0.6 is 0 Å². The maximum atomic E-state index is 11.6. The Kier molecular flexibility index (Phi) is 3.28. The summed E-state index contributed by atoms with van der Waals surface area (Å²) >= 11 is 0. The van der Waals surface area contributed by atoms with Crippen LogP contribution in [0.1, 0.15) is 11.6 Å². The second-order valence-corrected chi connectivity index (χ2v) is 4.69. The van der Waals surface area contributed by atoms with Crippen LogP contribution in [0.3, 0.4) is 0 Å². The van der Waals surface area contributed by atoms with Gasteiger partial charge >= 0.3 is 0 Å². The molecular formula is C11H14N4O5. The first-order chi connectivity index (χ1) is 9.67. The fourth-order valence-corrected chi connectivity index (χ4v) is 2.63. The number of aliphatic hydroxyl groups is 2. The molecule has 3 heterocycles. The summed E-state index contributed by atoms with van der Waals surface area (Å²) in [7, 11) is 0. The molecule has 0 amide bonds. The molecule has 3 rings (SSSR count). The fourth-order valence-electron chi connectivity index (χ4n) is 2.63. The lowest BCUT2D eigenvalue weighted by Gasteiger charge is -2.16. The molecule has 1 aliphatic heterocycles. The number of aliphatic hydroxyl groups excluding tert-OH is 2. The van der Waals surface area contributed by atoms with E-state index in [1.54, 1.807) is 6.20 Å². The Balaban J connectivity index is 2.04. The summed E-state index contributed by atoms with van der Waals surface area (Å²) in [6, 6.07) is -1.24. The van der Waals surface area contributed by atoms with E-state index in [1.807, 2.05) is 0 Å². The Morgan fingerprint density at radius 1 is 1.40 bits per heavy atom. The molecule has 0 bridgehead atoms. The maximum absolute atomic E-state index is 11.6. The van der Waals surface area contributed by atoms with Crippen LogP contribution in [0.2, 0.25) is 0 Å². The highest BCUT2D eigenvalue weighted by atomic mass is 17.1. The SMILES string of the molecule is O=c1[nH]cnc2c([C@@H]3N[C@H](CO)[C@@H](OO)[C@H]3O)c[nH]c12. The monoisotopic (exact) mass is 282 g/mol. The average molecular weight is 282 g/mol. The van der Waals surface area contributed by atoms with Crippen molar-refractivity contribution in [3.8, 4) is 0 Å². The standard InChI is InChI=1S/C11H14N4O5/c16-2-5-10(20-19)9(17)7(15-5)4-1-12-8-6(4)13-3-14-11(8)18/h1,3,5,7,9-10,12,15-17,19H,2H2,(H,13,14,18)/t5-,7+,9+,10-/m1/s1. The van der Waals surface area contributed by atoms with Crippen molar-refractivity contribution < 1.29 is 20.4 Å². The molecule has 0 aromatic carbocycles. The number of aromatic nitrogens is 3. The molecule has 0 saturated carbocycles. The number of fused-ring (bicyclic) bond motifs is 1. The van der Waals surface area contributed by atoms with E-state index in [0.29, 0.717) is 16.6 Å². The number of rotatable bonds is 3. The Labute approximate surface area is 112 Å². The molecule has 0 spiro atoms. The van der Waals surface area contributed by atoms with E-state index in [1.165, 1.54) is 6.33 Å². The number of nitrogens with zero attached hydrogens (tertiary/aromatic N) is 1. The summed E-state index contributed by atoms with van der Waals surface area (Å²) in [4.78, 5) is 25.2. The van der Waals surface area contributed by atoms with Crippen molar-refractivity contribution in [2.24, 2.45) is 0 Å². The predicted octanol–water partition coefficient (Wildman–Crippen LogP) is -1.52. The van der Waals surface area contributed by atoms with Gasteiger partial charge in [0.15, 0.2) is 0 Å². The van der Waals surface area contributed by atoms with Gasteiger partial charge in [0, 0.05) is 11.8 Å². The number of H-pyrrole nitrogens is 2. The number of nitrogens with one attached hydrogen (secondary N) is 3. The van der Waals surface area contributed by atoms with Crippen molar-refractivity contribution in [1.29, 1.82) is 0 Å². The molecule has 9 nitrogen and oxygen atoms in total. The number of hydrogen-bond acceptors (Lipinski definition) is 7. The second-order valence-electron chi connectivity index (χ2n) is 4.69. The van der Waals surface area contributed by atoms with E-state index in [9.17, 15) is 15.0 Å². The first-order valence-corrected chi connectivity index (χ1v) is 6.07.